The van der Waals surface area contributed by atoms with Gasteiger partial charge in [-0.1, -0.05) is 0 Å². The largest absolute Gasteiger partial charge is 0.344 e. The number of alkyl halides is 1. The zero-order valence-electron chi connectivity index (χ0n) is 10.8. The standard InChI is InChI=1S/C14H16ClNOS/c1-9-7-18-8-12(9)6-16-10(2)4-13(11(16)3)14(17)5-15/h4,7-8H,5-6H2,1-3H3. The highest BCUT2D eigenvalue weighted by atomic mass is 35.5. The van der Waals surface area contributed by atoms with Crippen LogP contribution in [0, 0.1) is 20.8 Å². The average Bonchev–Trinajstić information content (AvgIpc) is 2.87. The first-order valence-electron chi connectivity index (χ1n) is 5.82. The van der Waals surface area contributed by atoms with Crippen molar-refractivity contribution < 1.29 is 4.79 Å². The van der Waals surface area contributed by atoms with Crippen molar-refractivity contribution >= 4 is 28.7 Å². The lowest BCUT2D eigenvalue weighted by Crippen LogP contribution is -2.07. The van der Waals surface area contributed by atoms with E-state index in [4.69, 9.17) is 11.6 Å². The lowest BCUT2D eigenvalue weighted by atomic mass is 10.2. The molecule has 0 saturated carbocycles. The minimum absolute atomic E-state index is 0.00180. The summed E-state index contributed by atoms with van der Waals surface area (Å²) < 4.78 is 2.18. The Morgan fingerprint density at radius 1 is 1.33 bits per heavy atom. The van der Waals surface area contributed by atoms with Crippen LogP contribution < -0.4 is 0 Å². The monoisotopic (exact) mass is 281 g/mol. The summed E-state index contributed by atoms with van der Waals surface area (Å²) in [6, 6.07) is 1.93. The second kappa shape index (κ2) is 5.29. The molecule has 96 valence electrons. The van der Waals surface area contributed by atoms with E-state index < -0.39 is 0 Å². The second-order valence-corrected chi connectivity index (χ2v) is 5.52. The molecule has 0 unspecified atom stereocenters. The molecule has 18 heavy (non-hydrogen) atoms. The summed E-state index contributed by atoms with van der Waals surface area (Å²) in [5.41, 5.74) is 5.47. The van der Waals surface area contributed by atoms with Gasteiger partial charge >= 0.3 is 0 Å². The lowest BCUT2D eigenvalue weighted by molar-refractivity contribution is 0.102. The maximum Gasteiger partial charge on any atom is 0.179 e. The minimum Gasteiger partial charge on any atom is -0.344 e. The van der Waals surface area contributed by atoms with Crippen LogP contribution in [0.5, 0.6) is 0 Å². The van der Waals surface area contributed by atoms with Gasteiger partial charge in [0.05, 0.1) is 5.88 Å². The van der Waals surface area contributed by atoms with Crippen LogP contribution in [0.1, 0.15) is 32.9 Å². The van der Waals surface area contributed by atoms with E-state index in [0.29, 0.717) is 0 Å². The van der Waals surface area contributed by atoms with Gasteiger partial charge in [-0.25, -0.2) is 0 Å². The molecule has 0 aliphatic carbocycles. The average molecular weight is 282 g/mol. The predicted octanol–water partition coefficient (Wildman–Crippen LogP) is 3.94. The summed E-state index contributed by atoms with van der Waals surface area (Å²) in [6.07, 6.45) is 0. The molecule has 0 aliphatic rings. The van der Waals surface area contributed by atoms with Crippen LogP contribution in [0.25, 0.3) is 0 Å². The van der Waals surface area contributed by atoms with Gasteiger partial charge in [0.15, 0.2) is 5.78 Å². The molecular formula is C14H16ClNOS. The van der Waals surface area contributed by atoms with Crippen LogP contribution in [0.15, 0.2) is 16.8 Å². The van der Waals surface area contributed by atoms with Gasteiger partial charge in [0.1, 0.15) is 0 Å². The fraction of sp³-hybridized carbons (Fsp3) is 0.357. The van der Waals surface area contributed by atoms with Crippen molar-refractivity contribution in [2.45, 2.75) is 27.3 Å². The van der Waals surface area contributed by atoms with Crippen molar-refractivity contribution in [2.24, 2.45) is 0 Å². The van der Waals surface area contributed by atoms with Crippen LogP contribution >= 0.6 is 22.9 Å². The number of rotatable bonds is 4. The van der Waals surface area contributed by atoms with E-state index in [1.54, 1.807) is 11.3 Å². The highest BCUT2D eigenvalue weighted by molar-refractivity contribution is 7.08. The minimum atomic E-state index is -0.00180. The third-order valence-corrected chi connectivity index (χ3v) is 4.44. The summed E-state index contributed by atoms with van der Waals surface area (Å²) in [7, 11) is 0. The zero-order valence-corrected chi connectivity index (χ0v) is 12.4. The Balaban J connectivity index is 2.37. The van der Waals surface area contributed by atoms with Crippen LogP contribution in [0.2, 0.25) is 0 Å². The summed E-state index contributed by atoms with van der Waals surface area (Å²) in [5, 5.41) is 4.31. The Morgan fingerprint density at radius 3 is 2.61 bits per heavy atom. The van der Waals surface area contributed by atoms with Gasteiger partial charge in [0.25, 0.3) is 0 Å². The molecule has 0 bridgehead atoms. The van der Waals surface area contributed by atoms with Crippen molar-refractivity contribution in [1.29, 1.82) is 0 Å². The number of halogens is 1. The van der Waals surface area contributed by atoms with E-state index in [1.165, 1.54) is 11.1 Å². The van der Waals surface area contributed by atoms with Gasteiger partial charge < -0.3 is 4.57 Å². The van der Waals surface area contributed by atoms with Gasteiger partial charge in [0, 0.05) is 23.5 Å². The summed E-state index contributed by atoms with van der Waals surface area (Å²) in [4.78, 5) is 11.7. The Hall–Kier alpha value is -1.06. The molecular weight excluding hydrogens is 266 g/mol. The number of ketones is 1. The Bertz CT molecular complexity index is 583. The number of thiophene rings is 1. The van der Waals surface area contributed by atoms with E-state index in [9.17, 15) is 4.79 Å². The number of hydrogen-bond donors (Lipinski definition) is 0. The van der Waals surface area contributed by atoms with Crippen LogP contribution in [-0.4, -0.2) is 16.2 Å². The first-order valence-corrected chi connectivity index (χ1v) is 7.30. The molecule has 2 aromatic heterocycles. The van der Waals surface area contributed by atoms with E-state index in [2.05, 4.69) is 22.3 Å². The first-order chi connectivity index (χ1) is 8.54. The van der Waals surface area contributed by atoms with E-state index in [1.807, 2.05) is 19.9 Å². The Kier molecular flexibility index (Phi) is 3.93. The van der Waals surface area contributed by atoms with Crippen molar-refractivity contribution in [1.82, 2.24) is 4.57 Å². The third-order valence-electron chi connectivity index (χ3n) is 3.29. The Labute approximate surface area is 116 Å². The molecule has 0 aliphatic heterocycles. The van der Waals surface area contributed by atoms with Crippen LogP contribution in [0.3, 0.4) is 0 Å². The lowest BCUT2D eigenvalue weighted by Gasteiger charge is -2.09. The van der Waals surface area contributed by atoms with Crippen molar-refractivity contribution in [3.05, 3.63) is 44.9 Å². The van der Waals surface area contributed by atoms with Crippen molar-refractivity contribution in [3.8, 4) is 0 Å². The highest BCUT2D eigenvalue weighted by Crippen LogP contribution is 2.21. The summed E-state index contributed by atoms with van der Waals surface area (Å²) >= 11 is 7.34. The summed E-state index contributed by atoms with van der Waals surface area (Å²) in [6.45, 7) is 6.95. The SMILES string of the molecule is Cc1cscc1Cn1c(C)cc(C(=O)CCl)c1C. The first kappa shape index (κ1) is 13.4. The van der Waals surface area contributed by atoms with E-state index in [-0.39, 0.29) is 11.7 Å². The summed E-state index contributed by atoms with van der Waals surface area (Å²) in [5.74, 6) is 0.0416. The van der Waals surface area contributed by atoms with Gasteiger partial charge in [0.2, 0.25) is 0 Å². The van der Waals surface area contributed by atoms with Gasteiger partial charge in [-0.3, -0.25) is 4.79 Å². The molecule has 2 heterocycles. The van der Waals surface area contributed by atoms with Crippen molar-refractivity contribution in [2.75, 3.05) is 5.88 Å². The number of Topliss-reactive ketones (excluding diaryl/α,β-unsaturated/α-hetero) is 1. The molecule has 0 spiro atoms. The number of nitrogens with zero attached hydrogens (tertiary/aromatic N) is 1. The molecule has 0 saturated heterocycles. The molecule has 0 N–H and O–H groups in total. The molecule has 2 nitrogen and oxygen atoms in total. The molecule has 2 rings (SSSR count). The molecule has 0 aromatic carbocycles. The predicted molar refractivity (Wildman–Crippen MR) is 77.1 cm³/mol. The van der Waals surface area contributed by atoms with E-state index in [0.717, 1.165) is 23.5 Å². The van der Waals surface area contributed by atoms with Gasteiger partial charge in [-0.2, -0.15) is 11.3 Å². The Morgan fingerprint density at radius 2 is 2.06 bits per heavy atom. The number of aromatic nitrogens is 1. The smallest absolute Gasteiger partial charge is 0.179 e. The number of aryl methyl sites for hydroxylation is 2. The van der Waals surface area contributed by atoms with Gasteiger partial charge in [-0.15, -0.1) is 11.6 Å². The highest BCUT2D eigenvalue weighted by Gasteiger charge is 2.15. The normalized spacial score (nSPS) is 10.9. The number of carbonyl (C=O) groups excluding carboxylic acids is 1. The molecule has 0 atom stereocenters. The molecule has 0 radical (unpaired) electrons. The topological polar surface area (TPSA) is 22.0 Å². The van der Waals surface area contributed by atoms with Crippen molar-refractivity contribution in [3.63, 3.8) is 0 Å². The maximum absolute atomic E-state index is 11.7. The maximum atomic E-state index is 11.7. The molecule has 4 heteroatoms. The van der Waals surface area contributed by atoms with E-state index >= 15 is 0 Å². The van der Waals surface area contributed by atoms with Crippen LogP contribution in [-0.2, 0) is 6.54 Å². The fourth-order valence-electron chi connectivity index (χ4n) is 2.12. The second-order valence-electron chi connectivity index (χ2n) is 4.51. The molecule has 0 amide bonds. The zero-order chi connectivity index (χ0) is 13.3. The molecule has 0 fully saturated rings. The quantitative estimate of drug-likeness (QED) is 0.614. The van der Waals surface area contributed by atoms with Crippen LogP contribution in [0.4, 0.5) is 0 Å². The fourth-order valence-corrected chi connectivity index (χ4v) is 3.11. The molecule has 2 aromatic rings. The number of carbonyl (C=O) groups is 1. The van der Waals surface area contributed by atoms with Gasteiger partial charge in [-0.05, 0) is 48.7 Å². The third kappa shape index (κ3) is 2.38. The number of hydrogen-bond acceptors (Lipinski definition) is 2.